The van der Waals surface area contributed by atoms with Crippen LogP contribution in [0.15, 0.2) is 42.7 Å². The van der Waals surface area contributed by atoms with Gasteiger partial charge in [-0.05, 0) is 23.8 Å². The number of pyridine rings is 2. The molecule has 0 saturated carbocycles. The Morgan fingerprint density at radius 1 is 1.24 bits per heavy atom. The Morgan fingerprint density at radius 3 is 2.71 bits per heavy atom. The first-order valence-electron chi connectivity index (χ1n) is 5.17. The highest BCUT2D eigenvalue weighted by atomic mass is 16.1. The molecule has 5 nitrogen and oxygen atoms in total. The van der Waals surface area contributed by atoms with Gasteiger partial charge in [0.05, 0.1) is 0 Å². The van der Waals surface area contributed by atoms with Gasteiger partial charge in [0.25, 0.3) is 5.91 Å². The first-order valence-corrected chi connectivity index (χ1v) is 5.17. The van der Waals surface area contributed by atoms with Gasteiger partial charge in [-0.1, -0.05) is 12.1 Å². The van der Waals surface area contributed by atoms with Crippen LogP contribution in [0.25, 0.3) is 0 Å². The highest BCUT2D eigenvalue weighted by molar-refractivity contribution is 6.02. The van der Waals surface area contributed by atoms with Gasteiger partial charge in [0.2, 0.25) is 0 Å². The molecule has 0 aromatic carbocycles. The van der Waals surface area contributed by atoms with Crippen molar-refractivity contribution in [3.05, 3.63) is 54.0 Å². The minimum absolute atomic E-state index is 0.279. The summed E-state index contributed by atoms with van der Waals surface area (Å²) in [5, 5.41) is 2.66. The summed E-state index contributed by atoms with van der Waals surface area (Å²) in [5.74, 6) is 0.205. The first-order chi connectivity index (χ1) is 8.29. The van der Waals surface area contributed by atoms with E-state index in [4.69, 9.17) is 5.73 Å². The Morgan fingerprint density at radius 2 is 2.12 bits per heavy atom. The van der Waals surface area contributed by atoms with Crippen molar-refractivity contribution in [1.82, 2.24) is 9.97 Å². The van der Waals surface area contributed by atoms with E-state index in [1.165, 1.54) is 0 Å². The summed E-state index contributed by atoms with van der Waals surface area (Å²) in [6.07, 6.45) is 3.20. The Hall–Kier alpha value is -2.27. The minimum atomic E-state index is -0.279. The summed E-state index contributed by atoms with van der Waals surface area (Å²) >= 11 is 0. The molecule has 1 amide bonds. The van der Waals surface area contributed by atoms with E-state index in [1.807, 2.05) is 6.07 Å². The van der Waals surface area contributed by atoms with E-state index in [9.17, 15) is 4.79 Å². The molecule has 0 spiro atoms. The highest BCUT2D eigenvalue weighted by Crippen LogP contribution is 2.06. The van der Waals surface area contributed by atoms with Crippen molar-refractivity contribution in [2.24, 2.45) is 5.73 Å². The standard InChI is InChI=1S/C12H12N4O/c13-7-9-4-5-11(15-8-9)16-12(17)10-3-1-2-6-14-10/h1-6,8H,7,13H2,(H,15,16,17). The van der Waals surface area contributed by atoms with Crippen molar-refractivity contribution >= 4 is 11.7 Å². The SMILES string of the molecule is NCc1ccc(NC(=O)c2ccccn2)nc1. The molecule has 0 fully saturated rings. The van der Waals surface area contributed by atoms with Gasteiger partial charge in [-0.25, -0.2) is 4.98 Å². The zero-order valence-corrected chi connectivity index (χ0v) is 9.13. The number of nitrogens with two attached hydrogens (primary N) is 1. The second kappa shape index (κ2) is 5.18. The third-order valence-electron chi connectivity index (χ3n) is 2.20. The van der Waals surface area contributed by atoms with Crippen LogP contribution < -0.4 is 11.1 Å². The van der Waals surface area contributed by atoms with Gasteiger partial charge in [-0.15, -0.1) is 0 Å². The van der Waals surface area contributed by atoms with Gasteiger partial charge >= 0.3 is 0 Å². The molecule has 2 rings (SSSR count). The third kappa shape index (κ3) is 2.85. The molecule has 17 heavy (non-hydrogen) atoms. The number of amides is 1. The summed E-state index contributed by atoms with van der Waals surface area (Å²) in [5.41, 5.74) is 6.73. The van der Waals surface area contributed by atoms with Gasteiger partial charge in [-0.2, -0.15) is 0 Å². The van der Waals surface area contributed by atoms with E-state index in [2.05, 4.69) is 15.3 Å². The van der Waals surface area contributed by atoms with Crippen molar-refractivity contribution in [2.75, 3.05) is 5.32 Å². The lowest BCUT2D eigenvalue weighted by Gasteiger charge is -2.04. The van der Waals surface area contributed by atoms with Crippen LogP contribution >= 0.6 is 0 Å². The molecule has 0 aliphatic carbocycles. The number of anilines is 1. The molecule has 2 aromatic rings. The number of aromatic nitrogens is 2. The summed E-state index contributed by atoms with van der Waals surface area (Å²) in [6, 6.07) is 8.69. The Kier molecular flexibility index (Phi) is 3.42. The molecule has 0 saturated heterocycles. The molecular weight excluding hydrogens is 216 g/mol. The van der Waals surface area contributed by atoms with Crippen LogP contribution in [0.1, 0.15) is 16.1 Å². The van der Waals surface area contributed by atoms with E-state index < -0.39 is 0 Å². The highest BCUT2D eigenvalue weighted by Gasteiger charge is 2.06. The zero-order chi connectivity index (χ0) is 12.1. The number of carbonyl (C=O) groups is 1. The molecule has 0 atom stereocenters. The molecule has 0 aliphatic heterocycles. The van der Waals surface area contributed by atoms with E-state index in [0.717, 1.165) is 5.56 Å². The van der Waals surface area contributed by atoms with E-state index in [1.54, 1.807) is 36.7 Å². The molecule has 0 radical (unpaired) electrons. The van der Waals surface area contributed by atoms with Crippen LogP contribution in [0, 0.1) is 0 Å². The largest absolute Gasteiger partial charge is 0.326 e. The minimum Gasteiger partial charge on any atom is -0.326 e. The average molecular weight is 228 g/mol. The fourth-order valence-electron chi connectivity index (χ4n) is 1.30. The number of rotatable bonds is 3. The second-order valence-electron chi connectivity index (χ2n) is 3.42. The predicted octanol–water partition coefficient (Wildman–Crippen LogP) is 1.19. The lowest BCUT2D eigenvalue weighted by molar-refractivity contribution is 0.102. The molecule has 2 heterocycles. The van der Waals surface area contributed by atoms with Crippen LogP contribution in [0.5, 0.6) is 0 Å². The number of nitrogens with one attached hydrogen (secondary N) is 1. The maximum absolute atomic E-state index is 11.7. The van der Waals surface area contributed by atoms with Crippen molar-refractivity contribution in [2.45, 2.75) is 6.54 Å². The van der Waals surface area contributed by atoms with Crippen LogP contribution in [-0.2, 0) is 6.54 Å². The monoisotopic (exact) mass is 228 g/mol. The fraction of sp³-hybridized carbons (Fsp3) is 0.0833. The topological polar surface area (TPSA) is 80.9 Å². The van der Waals surface area contributed by atoms with Gasteiger partial charge in [0, 0.05) is 18.9 Å². The van der Waals surface area contributed by atoms with Crippen LogP contribution in [0.3, 0.4) is 0 Å². The molecule has 2 aromatic heterocycles. The fourth-order valence-corrected chi connectivity index (χ4v) is 1.30. The Bertz CT molecular complexity index is 496. The maximum Gasteiger partial charge on any atom is 0.275 e. The summed E-state index contributed by atoms with van der Waals surface area (Å²) in [7, 11) is 0. The lowest BCUT2D eigenvalue weighted by atomic mass is 10.3. The normalized spacial score (nSPS) is 9.94. The molecule has 0 bridgehead atoms. The van der Waals surface area contributed by atoms with Crippen molar-refractivity contribution < 1.29 is 4.79 Å². The molecular formula is C12H12N4O. The smallest absolute Gasteiger partial charge is 0.275 e. The van der Waals surface area contributed by atoms with E-state index in [-0.39, 0.29) is 5.91 Å². The number of hydrogen-bond donors (Lipinski definition) is 2. The lowest BCUT2D eigenvalue weighted by Crippen LogP contribution is -2.14. The van der Waals surface area contributed by atoms with Gasteiger partial charge in [0.1, 0.15) is 11.5 Å². The maximum atomic E-state index is 11.7. The first kappa shape index (κ1) is 11.2. The Labute approximate surface area is 98.7 Å². The Balaban J connectivity index is 2.08. The van der Waals surface area contributed by atoms with E-state index >= 15 is 0 Å². The van der Waals surface area contributed by atoms with Crippen molar-refractivity contribution in [3.8, 4) is 0 Å². The van der Waals surface area contributed by atoms with Crippen molar-refractivity contribution in [1.29, 1.82) is 0 Å². The van der Waals surface area contributed by atoms with Gasteiger partial charge in [0.15, 0.2) is 0 Å². The number of hydrogen-bond acceptors (Lipinski definition) is 4. The van der Waals surface area contributed by atoms with Crippen LogP contribution in [0.4, 0.5) is 5.82 Å². The quantitative estimate of drug-likeness (QED) is 0.826. The van der Waals surface area contributed by atoms with Gasteiger partial charge in [-0.3, -0.25) is 9.78 Å². The predicted molar refractivity (Wildman–Crippen MR) is 64.3 cm³/mol. The summed E-state index contributed by atoms with van der Waals surface area (Å²) < 4.78 is 0. The molecule has 86 valence electrons. The molecule has 3 N–H and O–H groups in total. The van der Waals surface area contributed by atoms with Crippen molar-refractivity contribution in [3.63, 3.8) is 0 Å². The van der Waals surface area contributed by atoms with E-state index in [0.29, 0.717) is 18.1 Å². The molecule has 0 aliphatic rings. The average Bonchev–Trinajstić information content (AvgIpc) is 2.40. The number of carbonyl (C=O) groups excluding carboxylic acids is 1. The van der Waals surface area contributed by atoms with Crippen LogP contribution in [-0.4, -0.2) is 15.9 Å². The summed E-state index contributed by atoms with van der Waals surface area (Å²) in [6.45, 7) is 0.432. The second-order valence-corrected chi connectivity index (χ2v) is 3.42. The third-order valence-corrected chi connectivity index (χ3v) is 2.20. The van der Waals surface area contributed by atoms with Gasteiger partial charge < -0.3 is 11.1 Å². The van der Waals surface area contributed by atoms with Crippen LogP contribution in [0.2, 0.25) is 0 Å². The number of nitrogens with zero attached hydrogens (tertiary/aromatic N) is 2. The molecule has 0 unspecified atom stereocenters. The zero-order valence-electron chi connectivity index (χ0n) is 9.13. The molecule has 5 heteroatoms. The summed E-state index contributed by atoms with van der Waals surface area (Å²) in [4.78, 5) is 19.8.